The van der Waals surface area contributed by atoms with E-state index in [-0.39, 0.29) is 0 Å². The Bertz CT molecular complexity index is 435. The average Bonchev–Trinajstić information content (AvgIpc) is 2.26. The van der Waals surface area contributed by atoms with E-state index in [1.54, 1.807) is 6.07 Å². The zero-order chi connectivity index (χ0) is 11.1. The lowest BCUT2D eigenvalue weighted by Crippen LogP contribution is -2.02. The zero-order valence-electron chi connectivity index (χ0n) is 8.47. The van der Waals surface area contributed by atoms with Gasteiger partial charge in [0.1, 0.15) is 6.07 Å². The molecule has 0 radical (unpaired) electrons. The molecule has 1 aromatic rings. The number of nitriles is 1. The summed E-state index contributed by atoms with van der Waals surface area (Å²) in [4.78, 5) is 0. The molecule has 0 saturated heterocycles. The van der Waals surface area contributed by atoms with E-state index in [0.717, 1.165) is 23.1 Å². The highest BCUT2D eigenvalue weighted by atomic mass is 79.9. The van der Waals surface area contributed by atoms with Crippen molar-refractivity contribution in [3.05, 3.63) is 28.2 Å². The molecule has 3 heteroatoms. The van der Waals surface area contributed by atoms with Crippen molar-refractivity contribution < 1.29 is 0 Å². The fraction of sp³-hybridized carbons (Fsp3) is 0.250. The van der Waals surface area contributed by atoms with Gasteiger partial charge < -0.3 is 5.32 Å². The fourth-order valence-corrected chi connectivity index (χ4v) is 1.51. The van der Waals surface area contributed by atoms with Crippen LogP contribution in [0.2, 0.25) is 0 Å². The second-order valence-electron chi connectivity index (χ2n) is 2.91. The molecule has 0 aliphatic heterocycles. The molecule has 0 aliphatic rings. The second kappa shape index (κ2) is 6.11. The van der Waals surface area contributed by atoms with Gasteiger partial charge in [-0.05, 0) is 25.1 Å². The third-order valence-corrected chi connectivity index (χ3v) is 2.34. The van der Waals surface area contributed by atoms with Crippen LogP contribution < -0.4 is 5.32 Å². The number of benzene rings is 1. The fourth-order valence-electron chi connectivity index (χ4n) is 1.15. The molecular formula is C12H11BrN2. The number of hydrogen-bond donors (Lipinski definition) is 1. The molecule has 1 N–H and O–H groups in total. The van der Waals surface area contributed by atoms with Gasteiger partial charge in [-0.2, -0.15) is 5.26 Å². The van der Waals surface area contributed by atoms with Crippen LogP contribution in [-0.4, -0.2) is 6.54 Å². The SMILES string of the molecule is CC#CCCNc1ccc(Br)cc1C#N. The highest BCUT2D eigenvalue weighted by Crippen LogP contribution is 2.19. The van der Waals surface area contributed by atoms with Gasteiger partial charge in [0, 0.05) is 17.4 Å². The maximum atomic E-state index is 8.91. The van der Waals surface area contributed by atoms with E-state index in [9.17, 15) is 0 Å². The maximum absolute atomic E-state index is 8.91. The Hall–Kier alpha value is -1.45. The van der Waals surface area contributed by atoms with Crippen molar-refractivity contribution in [3.8, 4) is 17.9 Å². The molecular weight excluding hydrogens is 252 g/mol. The second-order valence-corrected chi connectivity index (χ2v) is 3.82. The molecule has 0 heterocycles. The molecule has 0 spiro atoms. The highest BCUT2D eigenvalue weighted by Gasteiger charge is 2.00. The van der Waals surface area contributed by atoms with Gasteiger partial charge in [-0.1, -0.05) is 15.9 Å². The number of nitrogens with one attached hydrogen (secondary N) is 1. The first-order valence-electron chi connectivity index (χ1n) is 4.61. The molecule has 1 aromatic carbocycles. The summed E-state index contributed by atoms with van der Waals surface area (Å²) in [6.45, 7) is 2.58. The third kappa shape index (κ3) is 3.65. The molecule has 1 rings (SSSR count). The molecule has 0 unspecified atom stereocenters. The van der Waals surface area contributed by atoms with Crippen molar-refractivity contribution >= 4 is 21.6 Å². The molecule has 76 valence electrons. The van der Waals surface area contributed by atoms with Crippen LogP contribution in [0, 0.1) is 23.2 Å². The van der Waals surface area contributed by atoms with E-state index < -0.39 is 0 Å². The molecule has 0 aromatic heterocycles. The monoisotopic (exact) mass is 262 g/mol. The Morgan fingerprint density at radius 3 is 2.93 bits per heavy atom. The van der Waals surface area contributed by atoms with Crippen molar-refractivity contribution in [2.75, 3.05) is 11.9 Å². The van der Waals surface area contributed by atoms with Gasteiger partial charge in [-0.3, -0.25) is 0 Å². The number of halogens is 1. The first-order chi connectivity index (χ1) is 7.27. The Morgan fingerprint density at radius 2 is 2.27 bits per heavy atom. The van der Waals surface area contributed by atoms with Gasteiger partial charge in [0.2, 0.25) is 0 Å². The summed E-state index contributed by atoms with van der Waals surface area (Å²) < 4.78 is 0.915. The molecule has 0 fully saturated rings. The van der Waals surface area contributed by atoms with E-state index in [1.807, 2.05) is 19.1 Å². The molecule has 15 heavy (non-hydrogen) atoms. The predicted molar refractivity (Wildman–Crippen MR) is 65.4 cm³/mol. The Balaban J connectivity index is 2.67. The van der Waals surface area contributed by atoms with Crippen molar-refractivity contribution in [3.63, 3.8) is 0 Å². The predicted octanol–water partition coefficient (Wildman–Crippen LogP) is 3.15. The van der Waals surface area contributed by atoms with Crippen molar-refractivity contribution in [2.45, 2.75) is 13.3 Å². The van der Waals surface area contributed by atoms with Crippen molar-refractivity contribution in [2.24, 2.45) is 0 Å². The first kappa shape index (κ1) is 11.6. The normalized spacial score (nSPS) is 8.60. The number of nitrogens with zero attached hydrogens (tertiary/aromatic N) is 1. The molecule has 0 bridgehead atoms. The van der Waals surface area contributed by atoms with Crippen LogP contribution >= 0.6 is 15.9 Å². The summed E-state index contributed by atoms with van der Waals surface area (Å²) in [5.74, 6) is 5.79. The Labute approximate surface area is 98.4 Å². The van der Waals surface area contributed by atoms with Crippen LogP contribution in [0.15, 0.2) is 22.7 Å². The molecule has 2 nitrogen and oxygen atoms in total. The van der Waals surface area contributed by atoms with Gasteiger partial charge in [-0.25, -0.2) is 0 Å². The average molecular weight is 263 g/mol. The first-order valence-corrected chi connectivity index (χ1v) is 5.40. The minimum absolute atomic E-state index is 0.647. The van der Waals surface area contributed by atoms with Crippen LogP contribution in [-0.2, 0) is 0 Å². The van der Waals surface area contributed by atoms with Crippen molar-refractivity contribution in [1.82, 2.24) is 0 Å². The van der Waals surface area contributed by atoms with Crippen LogP contribution in [0.1, 0.15) is 18.9 Å². The largest absolute Gasteiger partial charge is 0.383 e. The van der Waals surface area contributed by atoms with Crippen LogP contribution in [0.4, 0.5) is 5.69 Å². The van der Waals surface area contributed by atoms with Crippen LogP contribution in [0.3, 0.4) is 0 Å². The minimum Gasteiger partial charge on any atom is -0.383 e. The molecule has 0 amide bonds. The van der Waals surface area contributed by atoms with Gasteiger partial charge in [-0.15, -0.1) is 11.8 Å². The quantitative estimate of drug-likeness (QED) is 0.671. The van der Waals surface area contributed by atoms with E-state index in [0.29, 0.717) is 5.56 Å². The summed E-state index contributed by atoms with van der Waals surface area (Å²) in [5.41, 5.74) is 1.51. The van der Waals surface area contributed by atoms with Gasteiger partial charge in [0.25, 0.3) is 0 Å². The van der Waals surface area contributed by atoms with E-state index >= 15 is 0 Å². The summed E-state index contributed by atoms with van der Waals surface area (Å²) in [5, 5.41) is 12.1. The zero-order valence-corrected chi connectivity index (χ0v) is 10.1. The van der Waals surface area contributed by atoms with Crippen LogP contribution in [0.5, 0.6) is 0 Å². The topological polar surface area (TPSA) is 35.8 Å². The lowest BCUT2D eigenvalue weighted by Gasteiger charge is -2.06. The molecule has 0 atom stereocenters. The lowest BCUT2D eigenvalue weighted by atomic mass is 10.2. The number of hydrogen-bond acceptors (Lipinski definition) is 2. The summed E-state index contributed by atoms with van der Waals surface area (Å²) in [6, 6.07) is 7.75. The summed E-state index contributed by atoms with van der Waals surface area (Å²) in [6.07, 6.45) is 0.789. The third-order valence-electron chi connectivity index (χ3n) is 1.84. The highest BCUT2D eigenvalue weighted by molar-refractivity contribution is 9.10. The molecule has 0 aliphatic carbocycles. The van der Waals surface area contributed by atoms with Crippen molar-refractivity contribution in [1.29, 1.82) is 5.26 Å². The Kier molecular flexibility index (Phi) is 4.74. The van der Waals surface area contributed by atoms with E-state index in [4.69, 9.17) is 5.26 Å². The lowest BCUT2D eigenvalue weighted by molar-refractivity contribution is 1.09. The van der Waals surface area contributed by atoms with Crippen LogP contribution in [0.25, 0.3) is 0 Å². The van der Waals surface area contributed by atoms with Gasteiger partial charge >= 0.3 is 0 Å². The maximum Gasteiger partial charge on any atom is 0.101 e. The smallest absolute Gasteiger partial charge is 0.101 e. The molecule has 0 saturated carbocycles. The van der Waals surface area contributed by atoms with Gasteiger partial charge in [0.05, 0.1) is 11.3 Å². The number of anilines is 1. The standard InChI is InChI=1S/C12H11BrN2/c1-2-3-4-7-15-12-6-5-11(13)8-10(12)9-14/h5-6,8,15H,4,7H2,1H3. The summed E-state index contributed by atoms with van der Waals surface area (Å²) >= 11 is 3.33. The van der Waals surface area contributed by atoms with E-state index in [2.05, 4.69) is 39.2 Å². The van der Waals surface area contributed by atoms with Gasteiger partial charge in [0.15, 0.2) is 0 Å². The van der Waals surface area contributed by atoms with E-state index in [1.165, 1.54) is 0 Å². The summed E-state index contributed by atoms with van der Waals surface area (Å²) in [7, 11) is 0. The number of rotatable bonds is 3. The minimum atomic E-state index is 0.647. The Morgan fingerprint density at radius 1 is 1.47 bits per heavy atom.